The molecule has 0 aromatic heterocycles. The van der Waals surface area contributed by atoms with Gasteiger partial charge in [0, 0.05) is 6.54 Å². The molecule has 1 fully saturated rings. The molecule has 0 saturated heterocycles. The van der Waals surface area contributed by atoms with Crippen LogP contribution in [0.15, 0.2) is 18.2 Å². The number of halogens is 2. The Morgan fingerprint density at radius 2 is 2.05 bits per heavy atom. The van der Waals surface area contributed by atoms with Gasteiger partial charge in [0.15, 0.2) is 0 Å². The molecular weight excluding hydrogens is 283 g/mol. The van der Waals surface area contributed by atoms with Gasteiger partial charge in [-0.05, 0) is 43.5 Å². The standard InChI is InChI=1S/C14H18Cl2N2O/c15-11-4-3-10(9-12(11)16)14(5-1-6-14)13(19)18-8-2-7-17/h3-4,9H,1-2,5-8,17H2,(H,18,19). The third-order valence-corrected chi connectivity index (χ3v) is 4.52. The van der Waals surface area contributed by atoms with Gasteiger partial charge in [0.1, 0.15) is 0 Å². The fourth-order valence-electron chi connectivity index (χ4n) is 2.44. The quantitative estimate of drug-likeness (QED) is 0.822. The summed E-state index contributed by atoms with van der Waals surface area (Å²) in [4.78, 5) is 12.4. The Bertz CT molecular complexity index is 473. The van der Waals surface area contributed by atoms with E-state index in [1.54, 1.807) is 6.07 Å². The minimum Gasteiger partial charge on any atom is -0.355 e. The molecule has 0 bridgehead atoms. The molecule has 0 unspecified atom stereocenters. The molecule has 1 aliphatic rings. The van der Waals surface area contributed by atoms with Crippen LogP contribution in [0.5, 0.6) is 0 Å². The topological polar surface area (TPSA) is 55.1 Å². The zero-order valence-electron chi connectivity index (χ0n) is 10.7. The lowest BCUT2D eigenvalue weighted by Gasteiger charge is -2.41. The molecule has 1 aromatic rings. The van der Waals surface area contributed by atoms with Crippen LogP contribution in [0.2, 0.25) is 10.0 Å². The van der Waals surface area contributed by atoms with Crippen LogP contribution >= 0.6 is 23.2 Å². The van der Waals surface area contributed by atoms with Crippen LogP contribution in [0, 0.1) is 0 Å². The molecule has 0 atom stereocenters. The summed E-state index contributed by atoms with van der Waals surface area (Å²) in [6.45, 7) is 1.21. The maximum atomic E-state index is 12.4. The average molecular weight is 301 g/mol. The number of carbonyl (C=O) groups excluding carboxylic acids is 1. The van der Waals surface area contributed by atoms with Crippen molar-refractivity contribution in [1.82, 2.24) is 5.32 Å². The van der Waals surface area contributed by atoms with Crippen molar-refractivity contribution in [1.29, 1.82) is 0 Å². The zero-order chi connectivity index (χ0) is 13.9. The monoisotopic (exact) mass is 300 g/mol. The highest BCUT2D eigenvalue weighted by Gasteiger charge is 2.45. The predicted octanol–water partition coefficient (Wildman–Crippen LogP) is 2.88. The molecule has 3 nitrogen and oxygen atoms in total. The summed E-state index contributed by atoms with van der Waals surface area (Å²) < 4.78 is 0. The minimum atomic E-state index is -0.428. The molecule has 19 heavy (non-hydrogen) atoms. The minimum absolute atomic E-state index is 0.0746. The number of amides is 1. The number of hydrogen-bond donors (Lipinski definition) is 2. The van der Waals surface area contributed by atoms with Crippen LogP contribution in [0.3, 0.4) is 0 Å². The predicted molar refractivity (Wildman–Crippen MR) is 78.7 cm³/mol. The molecule has 1 aromatic carbocycles. The Balaban J connectivity index is 2.17. The van der Waals surface area contributed by atoms with Crippen LogP contribution in [-0.4, -0.2) is 19.0 Å². The molecule has 0 heterocycles. The zero-order valence-corrected chi connectivity index (χ0v) is 12.2. The first-order chi connectivity index (χ1) is 9.10. The van der Waals surface area contributed by atoms with Gasteiger partial charge in [-0.2, -0.15) is 0 Å². The molecule has 3 N–H and O–H groups in total. The highest BCUT2D eigenvalue weighted by Crippen LogP contribution is 2.45. The van der Waals surface area contributed by atoms with Crippen molar-refractivity contribution in [3.05, 3.63) is 33.8 Å². The molecule has 0 spiro atoms. The van der Waals surface area contributed by atoms with Gasteiger partial charge in [0.25, 0.3) is 0 Å². The lowest BCUT2D eigenvalue weighted by molar-refractivity contribution is -0.129. The lowest BCUT2D eigenvalue weighted by Crippen LogP contribution is -2.49. The second kappa shape index (κ2) is 6.12. The van der Waals surface area contributed by atoms with Crippen LogP contribution in [0.25, 0.3) is 0 Å². The van der Waals surface area contributed by atoms with E-state index in [1.807, 2.05) is 12.1 Å². The fourth-order valence-corrected chi connectivity index (χ4v) is 2.74. The second-order valence-electron chi connectivity index (χ2n) is 4.96. The molecule has 1 saturated carbocycles. The van der Waals surface area contributed by atoms with Crippen molar-refractivity contribution in [2.24, 2.45) is 5.73 Å². The first-order valence-electron chi connectivity index (χ1n) is 6.54. The van der Waals surface area contributed by atoms with Gasteiger partial charge in [0.05, 0.1) is 15.5 Å². The maximum absolute atomic E-state index is 12.4. The van der Waals surface area contributed by atoms with E-state index in [1.165, 1.54) is 0 Å². The Kier molecular flexibility index (Phi) is 4.71. The Morgan fingerprint density at radius 3 is 2.58 bits per heavy atom. The van der Waals surface area contributed by atoms with E-state index < -0.39 is 5.41 Å². The first kappa shape index (κ1) is 14.6. The van der Waals surface area contributed by atoms with Crippen molar-refractivity contribution in [3.8, 4) is 0 Å². The summed E-state index contributed by atoms with van der Waals surface area (Å²) in [6.07, 6.45) is 3.58. The van der Waals surface area contributed by atoms with Gasteiger partial charge in [-0.25, -0.2) is 0 Å². The van der Waals surface area contributed by atoms with Crippen LogP contribution in [0.1, 0.15) is 31.2 Å². The summed E-state index contributed by atoms with van der Waals surface area (Å²) >= 11 is 12.0. The summed E-state index contributed by atoms with van der Waals surface area (Å²) in [5.74, 6) is 0.0746. The molecule has 0 aliphatic heterocycles. The Labute approximate surface area is 123 Å². The summed E-state index contributed by atoms with van der Waals surface area (Å²) in [7, 11) is 0. The summed E-state index contributed by atoms with van der Waals surface area (Å²) in [5.41, 5.74) is 5.96. The molecule has 2 rings (SSSR count). The number of nitrogens with one attached hydrogen (secondary N) is 1. The van der Waals surface area contributed by atoms with Crippen molar-refractivity contribution in [2.75, 3.05) is 13.1 Å². The number of rotatable bonds is 5. The Hall–Kier alpha value is -0.770. The summed E-state index contributed by atoms with van der Waals surface area (Å²) in [6, 6.07) is 5.47. The van der Waals surface area contributed by atoms with E-state index in [9.17, 15) is 4.79 Å². The van der Waals surface area contributed by atoms with Gasteiger partial charge < -0.3 is 11.1 Å². The third-order valence-electron chi connectivity index (χ3n) is 3.78. The number of carbonyl (C=O) groups is 1. The average Bonchev–Trinajstić information content (AvgIpc) is 2.32. The van der Waals surface area contributed by atoms with Gasteiger partial charge in [-0.1, -0.05) is 35.7 Å². The van der Waals surface area contributed by atoms with Gasteiger partial charge in [0.2, 0.25) is 5.91 Å². The molecule has 5 heteroatoms. The van der Waals surface area contributed by atoms with E-state index in [-0.39, 0.29) is 5.91 Å². The van der Waals surface area contributed by atoms with Crippen molar-refractivity contribution >= 4 is 29.1 Å². The molecule has 0 radical (unpaired) electrons. The van der Waals surface area contributed by atoms with E-state index in [4.69, 9.17) is 28.9 Å². The number of benzene rings is 1. The number of hydrogen-bond acceptors (Lipinski definition) is 2. The second-order valence-corrected chi connectivity index (χ2v) is 5.78. The molecular formula is C14H18Cl2N2O. The maximum Gasteiger partial charge on any atom is 0.230 e. The fraction of sp³-hybridized carbons (Fsp3) is 0.500. The van der Waals surface area contributed by atoms with Gasteiger partial charge in [-0.15, -0.1) is 0 Å². The van der Waals surface area contributed by atoms with Gasteiger partial charge in [-0.3, -0.25) is 4.79 Å². The van der Waals surface area contributed by atoms with E-state index in [0.717, 1.165) is 31.2 Å². The van der Waals surface area contributed by atoms with Crippen molar-refractivity contribution in [2.45, 2.75) is 31.1 Å². The highest BCUT2D eigenvalue weighted by molar-refractivity contribution is 6.42. The molecule has 1 amide bonds. The molecule has 1 aliphatic carbocycles. The van der Waals surface area contributed by atoms with Crippen molar-refractivity contribution in [3.63, 3.8) is 0 Å². The molecule has 104 valence electrons. The van der Waals surface area contributed by atoms with Crippen LogP contribution in [0.4, 0.5) is 0 Å². The SMILES string of the molecule is NCCCNC(=O)C1(c2ccc(Cl)c(Cl)c2)CCC1. The van der Waals surface area contributed by atoms with E-state index in [0.29, 0.717) is 23.1 Å². The van der Waals surface area contributed by atoms with Crippen LogP contribution in [-0.2, 0) is 10.2 Å². The first-order valence-corrected chi connectivity index (χ1v) is 7.29. The van der Waals surface area contributed by atoms with Crippen LogP contribution < -0.4 is 11.1 Å². The van der Waals surface area contributed by atoms with Gasteiger partial charge >= 0.3 is 0 Å². The van der Waals surface area contributed by atoms with E-state index in [2.05, 4.69) is 5.32 Å². The lowest BCUT2D eigenvalue weighted by atomic mass is 9.64. The Morgan fingerprint density at radius 1 is 1.32 bits per heavy atom. The highest BCUT2D eigenvalue weighted by atomic mass is 35.5. The number of nitrogens with two attached hydrogens (primary N) is 1. The normalized spacial score (nSPS) is 16.8. The summed E-state index contributed by atoms with van der Waals surface area (Å²) in [5, 5.41) is 3.98. The van der Waals surface area contributed by atoms with Crippen molar-refractivity contribution < 1.29 is 4.79 Å². The smallest absolute Gasteiger partial charge is 0.230 e. The third kappa shape index (κ3) is 2.88. The largest absolute Gasteiger partial charge is 0.355 e. The van der Waals surface area contributed by atoms with E-state index >= 15 is 0 Å².